The number of halogens is 1. The molecule has 0 saturated carbocycles. The molecule has 2 aromatic heterocycles. The summed E-state index contributed by atoms with van der Waals surface area (Å²) in [6.45, 7) is 2.03. The molecule has 0 radical (unpaired) electrons. The van der Waals surface area contributed by atoms with Gasteiger partial charge in [0, 0.05) is 0 Å². The van der Waals surface area contributed by atoms with Crippen LogP contribution in [-0.2, 0) is 4.74 Å². The number of hydrogen-bond acceptors (Lipinski definition) is 5. The van der Waals surface area contributed by atoms with Crippen LogP contribution in [0.1, 0.15) is 31.8 Å². The van der Waals surface area contributed by atoms with Gasteiger partial charge in [0.05, 0.1) is 12.4 Å². The van der Waals surface area contributed by atoms with E-state index in [-0.39, 0.29) is 23.3 Å². The molecule has 1 fully saturated rings. The number of hydrogen-bond donors (Lipinski definition) is 0. The average molecular weight is 264 g/mol. The van der Waals surface area contributed by atoms with Crippen LogP contribution in [0.4, 0.5) is 0 Å². The number of imidazole rings is 1. The number of nitrogens with zero attached hydrogens (tertiary/aromatic N) is 5. The molecular weight excluding hydrogens is 254 g/mol. The molecule has 0 N–H and O–H groups in total. The maximum absolute atomic E-state index is 8.86. The van der Waals surface area contributed by atoms with Crippen molar-refractivity contribution in [3.8, 4) is 6.07 Å². The summed E-state index contributed by atoms with van der Waals surface area (Å²) in [5.74, 6) is 0.0419. The molecule has 1 saturated heterocycles. The highest BCUT2D eigenvalue weighted by Gasteiger charge is 2.25. The molecule has 3 rings (SSSR count). The van der Waals surface area contributed by atoms with Gasteiger partial charge >= 0.3 is 0 Å². The van der Waals surface area contributed by atoms with Gasteiger partial charge in [0.2, 0.25) is 5.82 Å². The minimum atomic E-state index is -0.0949. The van der Waals surface area contributed by atoms with Gasteiger partial charge in [0.1, 0.15) is 17.8 Å². The number of ether oxygens (including phenoxy) is 1. The normalized spacial score (nSPS) is 23.4. The lowest BCUT2D eigenvalue weighted by Crippen LogP contribution is -2.09. The smallest absolute Gasteiger partial charge is 0.235 e. The summed E-state index contributed by atoms with van der Waals surface area (Å²) in [5.41, 5.74) is 1.05. The quantitative estimate of drug-likeness (QED) is 0.736. The van der Waals surface area contributed by atoms with E-state index in [1.807, 2.05) is 17.6 Å². The third-order valence-corrected chi connectivity index (χ3v) is 3.26. The second-order valence-corrected chi connectivity index (χ2v) is 4.61. The fraction of sp³-hybridized carbons (Fsp3) is 0.455. The van der Waals surface area contributed by atoms with Gasteiger partial charge in [-0.3, -0.25) is 4.57 Å². The van der Waals surface area contributed by atoms with E-state index >= 15 is 0 Å². The summed E-state index contributed by atoms with van der Waals surface area (Å²) in [6, 6.07) is 1.89. The average Bonchev–Trinajstić information content (AvgIpc) is 2.95. The summed E-state index contributed by atoms with van der Waals surface area (Å²) >= 11 is 5.97. The minimum absolute atomic E-state index is 0.0419. The molecule has 2 unspecified atom stereocenters. The van der Waals surface area contributed by atoms with E-state index in [0.717, 1.165) is 12.8 Å². The van der Waals surface area contributed by atoms with Crippen LogP contribution in [0.25, 0.3) is 11.2 Å². The summed E-state index contributed by atoms with van der Waals surface area (Å²) in [4.78, 5) is 12.2. The van der Waals surface area contributed by atoms with E-state index in [9.17, 15) is 0 Å². The Labute approximate surface area is 108 Å². The molecule has 2 atom stereocenters. The van der Waals surface area contributed by atoms with Gasteiger partial charge in [-0.15, -0.1) is 0 Å². The van der Waals surface area contributed by atoms with E-state index in [1.54, 1.807) is 6.33 Å². The minimum Gasteiger partial charge on any atom is -0.355 e. The van der Waals surface area contributed by atoms with Crippen molar-refractivity contribution in [2.24, 2.45) is 0 Å². The second-order valence-electron chi connectivity index (χ2n) is 4.25. The SMILES string of the molecule is CC1CCC(n2cnc3c(Cl)nc(C#N)nc32)O1. The standard InChI is InChI=1S/C11H10ClN5O/c1-6-2-3-8(18-6)17-5-14-9-10(12)15-7(4-13)16-11(9)17/h5-6,8H,2-3H2,1H3. The van der Waals surface area contributed by atoms with Crippen LogP contribution in [-0.4, -0.2) is 25.6 Å². The Morgan fingerprint density at radius 1 is 1.50 bits per heavy atom. The van der Waals surface area contributed by atoms with Crippen LogP contribution in [0.15, 0.2) is 6.33 Å². The van der Waals surface area contributed by atoms with E-state index < -0.39 is 0 Å². The molecule has 3 heterocycles. The van der Waals surface area contributed by atoms with Crippen LogP contribution in [0.5, 0.6) is 0 Å². The second kappa shape index (κ2) is 4.19. The molecule has 7 heteroatoms. The first-order valence-electron chi connectivity index (χ1n) is 5.64. The van der Waals surface area contributed by atoms with Gasteiger partial charge in [-0.1, -0.05) is 11.6 Å². The third kappa shape index (κ3) is 1.72. The summed E-state index contributed by atoms with van der Waals surface area (Å²) < 4.78 is 7.58. The van der Waals surface area contributed by atoms with Crippen molar-refractivity contribution in [1.29, 1.82) is 5.26 Å². The van der Waals surface area contributed by atoms with Crippen LogP contribution in [0.3, 0.4) is 0 Å². The molecule has 92 valence electrons. The highest BCUT2D eigenvalue weighted by Crippen LogP contribution is 2.31. The highest BCUT2D eigenvalue weighted by molar-refractivity contribution is 6.33. The van der Waals surface area contributed by atoms with Gasteiger partial charge in [0.25, 0.3) is 0 Å². The Balaban J connectivity index is 2.13. The van der Waals surface area contributed by atoms with Crippen molar-refractivity contribution in [2.45, 2.75) is 32.1 Å². The zero-order valence-electron chi connectivity index (χ0n) is 9.67. The van der Waals surface area contributed by atoms with Crippen LogP contribution in [0.2, 0.25) is 5.15 Å². The first kappa shape index (κ1) is 11.4. The topological polar surface area (TPSA) is 76.6 Å². The summed E-state index contributed by atoms with van der Waals surface area (Å²) in [6.07, 6.45) is 3.65. The van der Waals surface area contributed by atoms with Crippen molar-refractivity contribution in [2.75, 3.05) is 0 Å². The van der Waals surface area contributed by atoms with Crippen LogP contribution < -0.4 is 0 Å². The molecule has 0 aromatic carbocycles. The van der Waals surface area contributed by atoms with Crippen molar-refractivity contribution in [1.82, 2.24) is 19.5 Å². The lowest BCUT2D eigenvalue weighted by atomic mass is 10.2. The van der Waals surface area contributed by atoms with Crippen LogP contribution >= 0.6 is 11.6 Å². The summed E-state index contributed by atoms with van der Waals surface area (Å²) in [5, 5.41) is 9.06. The predicted octanol–water partition coefficient (Wildman–Crippen LogP) is 2.05. The molecule has 1 aliphatic rings. The highest BCUT2D eigenvalue weighted by atomic mass is 35.5. The first-order valence-corrected chi connectivity index (χ1v) is 6.02. The molecular formula is C11H10ClN5O. The molecule has 0 spiro atoms. The predicted molar refractivity (Wildman–Crippen MR) is 63.9 cm³/mol. The third-order valence-electron chi connectivity index (χ3n) is 3.00. The van der Waals surface area contributed by atoms with E-state index in [2.05, 4.69) is 15.0 Å². The molecule has 18 heavy (non-hydrogen) atoms. The summed E-state index contributed by atoms with van der Waals surface area (Å²) in [7, 11) is 0. The zero-order valence-corrected chi connectivity index (χ0v) is 10.4. The number of nitriles is 1. The van der Waals surface area contributed by atoms with Gasteiger partial charge in [-0.05, 0) is 19.8 Å². The van der Waals surface area contributed by atoms with Crippen molar-refractivity contribution in [3.05, 3.63) is 17.3 Å². The number of rotatable bonds is 1. The lowest BCUT2D eigenvalue weighted by molar-refractivity contribution is 0.0131. The monoisotopic (exact) mass is 263 g/mol. The molecule has 6 nitrogen and oxygen atoms in total. The van der Waals surface area contributed by atoms with Gasteiger partial charge in [-0.2, -0.15) is 10.2 Å². The maximum atomic E-state index is 8.86. The van der Waals surface area contributed by atoms with Crippen molar-refractivity contribution in [3.63, 3.8) is 0 Å². The lowest BCUT2D eigenvalue weighted by Gasteiger charge is -2.12. The molecule has 0 aliphatic carbocycles. The number of fused-ring (bicyclic) bond motifs is 1. The Kier molecular flexibility index (Phi) is 2.65. The van der Waals surface area contributed by atoms with Gasteiger partial charge in [-0.25, -0.2) is 9.97 Å². The first-order chi connectivity index (χ1) is 8.69. The fourth-order valence-electron chi connectivity index (χ4n) is 2.13. The van der Waals surface area contributed by atoms with E-state index in [4.69, 9.17) is 21.6 Å². The Bertz CT molecular complexity index is 647. The molecule has 2 aromatic rings. The van der Waals surface area contributed by atoms with Crippen molar-refractivity contribution >= 4 is 22.8 Å². The number of aromatic nitrogens is 4. The van der Waals surface area contributed by atoms with Gasteiger partial charge < -0.3 is 4.74 Å². The van der Waals surface area contributed by atoms with E-state index in [0.29, 0.717) is 11.2 Å². The molecule has 0 amide bonds. The largest absolute Gasteiger partial charge is 0.355 e. The Hall–Kier alpha value is -1.71. The van der Waals surface area contributed by atoms with Gasteiger partial charge in [0.15, 0.2) is 10.8 Å². The van der Waals surface area contributed by atoms with Crippen LogP contribution in [0, 0.1) is 11.3 Å². The maximum Gasteiger partial charge on any atom is 0.235 e. The van der Waals surface area contributed by atoms with Crippen molar-refractivity contribution < 1.29 is 4.74 Å². The zero-order chi connectivity index (χ0) is 12.7. The fourth-order valence-corrected chi connectivity index (χ4v) is 2.34. The molecule has 0 bridgehead atoms. The van der Waals surface area contributed by atoms with E-state index in [1.165, 1.54) is 0 Å². The Morgan fingerprint density at radius 2 is 2.33 bits per heavy atom. The Morgan fingerprint density at radius 3 is 3.00 bits per heavy atom. The molecule has 1 aliphatic heterocycles.